The third-order valence-electron chi connectivity index (χ3n) is 2.59. The first-order valence-electron chi connectivity index (χ1n) is 6.88. The molecule has 0 aromatic heterocycles. The number of benzene rings is 1. The molecular formula is C14H23N3O4. The van der Waals surface area contributed by atoms with Crippen molar-refractivity contribution >= 4 is 5.91 Å². The Bertz CT molecular complexity index is 398. The SMILES string of the molecule is CCOCNCOCNNC(=O)CCc1ccc(O)cc1. The summed E-state index contributed by atoms with van der Waals surface area (Å²) >= 11 is 0. The van der Waals surface area contributed by atoms with Gasteiger partial charge in [-0.05, 0) is 31.0 Å². The van der Waals surface area contributed by atoms with Gasteiger partial charge in [0.1, 0.15) is 19.2 Å². The number of nitrogens with one attached hydrogen (secondary N) is 3. The molecule has 1 aromatic carbocycles. The van der Waals surface area contributed by atoms with Crippen LogP contribution in [0.15, 0.2) is 24.3 Å². The van der Waals surface area contributed by atoms with Gasteiger partial charge < -0.3 is 14.6 Å². The van der Waals surface area contributed by atoms with E-state index < -0.39 is 0 Å². The predicted octanol–water partition coefficient (Wildman–Crippen LogP) is 0.461. The number of aryl methyl sites for hydroxylation is 1. The highest BCUT2D eigenvalue weighted by molar-refractivity contribution is 5.75. The van der Waals surface area contributed by atoms with Gasteiger partial charge in [0.25, 0.3) is 0 Å². The van der Waals surface area contributed by atoms with E-state index in [0.29, 0.717) is 32.9 Å². The third kappa shape index (κ3) is 8.98. The summed E-state index contributed by atoms with van der Waals surface area (Å²) in [6, 6.07) is 6.80. The largest absolute Gasteiger partial charge is 0.508 e. The summed E-state index contributed by atoms with van der Waals surface area (Å²) in [7, 11) is 0. The summed E-state index contributed by atoms with van der Waals surface area (Å²) in [5.41, 5.74) is 6.22. The van der Waals surface area contributed by atoms with Crippen molar-refractivity contribution in [1.29, 1.82) is 0 Å². The molecular weight excluding hydrogens is 274 g/mol. The molecule has 0 atom stereocenters. The summed E-state index contributed by atoms with van der Waals surface area (Å²) in [6.45, 7) is 3.57. The summed E-state index contributed by atoms with van der Waals surface area (Å²) in [5, 5.41) is 12.1. The Labute approximate surface area is 124 Å². The Kier molecular flexibility index (Phi) is 9.14. The average Bonchev–Trinajstić information content (AvgIpc) is 2.49. The van der Waals surface area contributed by atoms with Gasteiger partial charge in [-0.2, -0.15) is 0 Å². The lowest BCUT2D eigenvalue weighted by atomic mass is 10.1. The molecule has 0 bridgehead atoms. The molecule has 4 N–H and O–H groups in total. The fraction of sp³-hybridized carbons (Fsp3) is 0.500. The average molecular weight is 297 g/mol. The van der Waals surface area contributed by atoms with Gasteiger partial charge in [0.2, 0.25) is 5.91 Å². The van der Waals surface area contributed by atoms with Crippen LogP contribution in [0.5, 0.6) is 5.75 Å². The normalized spacial score (nSPS) is 10.5. The van der Waals surface area contributed by atoms with Gasteiger partial charge in [-0.1, -0.05) is 12.1 Å². The van der Waals surface area contributed by atoms with Crippen molar-refractivity contribution in [3.05, 3.63) is 29.8 Å². The lowest BCUT2D eigenvalue weighted by Gasteiger charge is -2.09. The molecule has 0 spiro atoms. The van der Waals surface area contributed by atoms with Crippen molar-refractivity contribution in [3.63, 3.8) is 0 Å². The Morgan fingerprint density at radius 3 is 2.57 bits per heavy atom. The van der Waals surface area contributed by atoms with Crippen molar-refractivity contribution in [3.8, 4) is 5.75 Å². The second kappa shape index (κ2) is 11.0. The zero-order valence-electron chi connectivity index (χ0n) is 12.2. The summed E-state index contributed by atoms with van der Waals surface area (Å²) < 4.78 is 10.2. The highest BCUT2D eigenvalue weighted by Crippen LogP contribution is 2.10. The zero-order chi connectivity index (χ0) is 15.3. The number of carbonyl (C=O) groups excluding carboxylic acids is 1. The minimum Gasteiger partial charge on any atom is -0.508 e. The number of amides is 1. The number of hydrazine groups is 1. The molecule has 0 saturated heterocycles. The fourth-order valence-electron chi connectivity index (χ4n) is 1.51. The molecule has 1 aromatic rings. The second-order valence-electron chi connectivity index (χ2n) is 4.27. The predicted molar refractivity (Wildman–Crippen MR) is 78.2 cm³/mol. The molecule has 21 heavy (non-hydrogen) atoms. The van der Waals surface area contributed by atoms with E-state index in [1.165, 1.54) is 0 Å². The van der Waals surface area contributed by atoms with E-state index >= 15 is 0 Å². The molecule has 7 heteroatoms. The topological polar surface area (TPSA) is 91.9 Å². The van der Waals surface area contributed by atoms with Gasteiger partial charge in [-0.3, -0.25) is 15.5 Å². The molecule has 0 aliphatic carbocycles. The van der Waals surface area contributed by atoms with E-state index in [4.69, 9.17) is 14.6 Å². The van der Waals surface area contributed by atoms with Crippen LogP contribution in [0.1, 0.15) is 18.9 Å². The quantitative estimate of drug-likeness (QED) is 0.269. The molecule has 7 nitrogen and oxygen atoms in total. The minimum atomic E-state index is -0.117. The molecule has 0 heterocycles. The van der Waals surface area contributed by atoms with Crippen molar-refractivity contribution in [2.75, 3.05) is 26.8 Å². The Morgan fingerprint density at radius 2 is 1.86 bits per heavy atom. The van der Waals surface area contributed by atoms with Gasteiger partial charge in [0.15, 0.2) is 0 Å². The molecule has 1 rings (SSSR count). The van der Waals surface area contributed by atoms with Crippen molar-refractivity contribution in [2.24, 2.45) is 0 Å². The smallest absolute Gasteiger partial charge is 0.234 e. The number of phenols is 1. The highest BCUT2D eigenvalue weighted by atomic mass is 16.5. The number of carbonyl (C=O) groups is 1. The maximum absolute atomic E-state index is 11.5. The van der Waals surface area contributed by atoms with Crippen LogP contribution < -0.4 is 16.2 Å². The Balaban J connectivity index is 1.97. The number of phenolic OH excluding ortho intramolecular Hbond substituents is 1. The standard InChI is InChI=1S/C14H23N3O4/c1-2-20-9-15-10-21-11-16-17-14(19)8-5-12-3-6-13(18)7-4-12/h3-4,6-7,15-16,18H,2,5,8-11H2,1H3,(H,17,19). The van der Waals surface area contributed by atoms with Gasteiger partial charge >= 0.3 is 0 Å². The zero-order valence-corrected chi connectivity index (χ0v) is 12.2. The van der Waals surface area contributed by atoms with E-state index in [1.807, 2.05) is 6.92 Å². The molecule has 118 valence electrons. The first-order valence-corrected chi connectivity index (χ1v) is 6.88. The maximum atomic E-state index is 11.5. The summed E-state index contributed by atoms with van der Waals surface area (Å²) in [4.78, 5) is 11.5. The van der Waals surface area contributed by atoms with Gasteiger partial charge in [0.05, 0.1) is 6.73 Å². The van der Waals surface area contributed by atoms with Gasteiger partial charge in [0, 0.05) is 13.0 Å². The van der Waals surface area contributed by atoms with E-state index in [-0.39, 0.29) is 18.4 Å². The number of hydrogen-bond acceptors (Lipinski definition) is 6. The van der Waals surface area contributed by atoms with Crippen LogP contribution in [-0.4, -0.2) is 37.8 Å². The maximum Gasteiger partial charge on any atom is 0.234 e. The monoisotopic (exact) mass is 297 g/mol. The third-order valence-corrected chi connectivity index (χ3v) is 2.59. The van der Waals surface area contributed by atoms with Crippen molar-refractivity contribution in [2.45, 2.75) is 19.8 Å². The van der Waals surface area contributed by atoms with Gasteiger partial charge in [-0.25, -0.2) is 5.43 Å². The number of rotatable bonds is 11. The lowest BCUT2D eigenvalue weighted by molar-refractivity contribution is -0.122. The van der Waals surface area contributed by atoms with Crippen LogP contribution in [0.25, 0.3) is 0 Å². The van der Waals surface area contributed by atoms with E-state index in [1.54, 1.807) is 24.3 Å². The summed E-state index contributed by atoms with van der Waals surface area (Å²) in [6.07, 6.45) is 0.977. The van der Waals surface area contributed by atoms with E-state index in [2.05, 4.69) is 16.2 Å². The number of ether oxygens (including phenoxy) is 2. The van der Waals surface area contributed by atoms with Crippen LogP contribution in [-0.2, 0) is 20.7 Å². The lowest BCUT2D eigenvalue weighted by Crippen LogP contribution is -2.39. The molecule has 1 amide bonds. The first kappa shape index (κ1) is 17.4. The van der Waals surface area contributed by atoms with Crippen molar-refractivity contribution < 1.29 is 19.4 Å². The first-order chi connectivity index (χ1) is 10.2. The van der Waals surface area contributed by atoms with Crippen LogP contribution in [0.3, 0.4) is 0 Å². The number of hydrogen-bond donors (Lipinski definition) is 4. The van der Waals surface area contributed by atoms with Crippen LogP contribution >= 0.6 is 0 Å². The highest BCUT2D eigenvalue weighted by Gasteiger charge is 2.01. The molecule has 0 unspecified atom stereocenters. The Hall–Kier alpha value is -1.67. The second-order valence-corrected chi connectivity index (χ2v) is 4.27. The minimum absolute atomic E-state index is 0.117. The van der Waals surface area contributed by atoms with Crippen LogP contribution in [0, 0.1) is 0 Å². The van der Waals surface area contributed by atoms with Crippen molar-refractivity contribution in [1.82, 2.24) is 16.2 Å². The molecule has 0 fully saturated rings. The molecule has 0 radical (unpaired) electrons. The van der Waals surface area contributed by atoms with E-state index in [9.17, 15) is 4.79 Å². The Morgan fingerprint density at radius 1 is 1.14 bits per heavy atom. The van der Waals surface area contributed by atoms with Gasteiger partial charge in [-0.15, -0.1) is 0 Å². The molecule has 0 saturated carbocycles. The van der Waals surface area contributed by atoms with E-state index in [0.717, 1.165) is 5.56 Å². The molecule has 0 aliphatic heterocycles. The number of aromatic hydroxyl groups is 1. The van der Waals surface area contributed by atoms with Crippen LogP contribution in [0.2, 0.25) is 0 Å². The summed E-state index contributed by atoms with van der Waals surface area (Å²) in [5.74, 6) is 0.105. The fourth-order valence-corrected chi connectivity index (χ4v) is 1.51. The van der Waals surface area contributed by atoms with Crippen LogP contribution in [0.4, 0.5) is 0 Å². The molecule has 0 aliphatic rings.